The van der Waals surface area contributed by atoms with E-state index in [9.17, 15) is 4.79 Å². The van der Waals surface area contributed by atoms with Crippen LogP contribution in [0, 0.1) is 0 Å². The van der Waals surface area contributed by atoms with Gasteiger partial charge in [-0.1, -0.05) is 0 Å². The van der Waals surface area contributed by atoms with Gasteiger partial charge in [-0.25, -0.2) is 0 Å². The molecule has 0 saturated heterocycles. The highest BCUT2D eigenvalue weighted by Crippen LogP contribution is 1.81. The van der Waals surface area contributed by atoms with E-state index in [4.69, 9.17) is 4.74 Å². The van der Waals surface area contributed by atoms with E-state index in [0.717, 1.165) is 0 Å². The molecule has 1 rings (SSSR count). The van der Waals surface area contributed by atoms with E-state index in [2.05, 4.69) is 5.32 Å². The molecule has 1 aliphatic heterocycles. The Labute approximate surface area is 47.3 Å². The van der Waals surface area contributed by atoms with Crippen molar-refractivity contribution in [3.05, 3.63) is 12.3 Å². The van der Waals surface area contributed by atoms with Crippen molar-refractivity contribution in [1.29, 1.82) is 0 Å². The molecule has 3 heteroatoms. The first-order valence-electron chi connectivity index (χ1n) is 2.42. The number of hydrogen-bond acceptors (Lipinski definition) is 2. The summed E-state index contributed by atoms with van der Waals surface area (Å²) >= 11 is 0. The van der Waals surface area contributed by atoms with Crippen LogP contribution in [0.3, 0.4) is 0 Å². The van der Waals surface area contributed by atoms with Gasteiger partial charge in [0.2, 0.25) is 5.91 Å². The van der Waals surface area contributed by atoms with Gasteiger partial charge in [0.05, 0.1) is 6.61 Å². The smallest absolute Gasteiger partial charge is 0.249 e. The van der Waals surface area contributed by atoms with Crippen LogP contribution in [0.5, 0.6) is 0 Å². The Morgan fingerprint density at radius 3 is 3.50 bits per heavy atom. The zero-order chi connectivity index (χ0) is 5.82. The van der Waals surface area contributed by atoms with Crippen LogP contribution in [0.25, 0.3) is 0 Å². The van der Waals surface area contributed by atoms with E-state index >= 15 is 0 Å². The second-order valence-corrected chi connectivity index (χ2v) is 1.49. The summed E-state index contributed by atoms with van der Waals surface area (Å²) in [4.78, 5) is 10.4. The van der Waals surface area contributed by atoms with Crippen molar-refractivity contribution in [1.82, 2.24) is 5.32 Å². The molecule has 0 unspecified atom stereocenters. The third kappa shape index (κ3) is 1.35. The standard InChI is InChI=1S/C5H7NO2/c7-5-4-8-3-1-2-6-5/h1-2H,3-4H2,(H,6,7). The first-order valence-corrected chi connectivity index (χ1v) is 2.42. The Balaban J connectivity index is 2.41. The summed E-state index contributed by atoms with van der Waals surface area (Å²) in [6.45, 7) is 0.700. The highest BCUT2D eigenvalue weighted by atomic mass is 16.5. The van der Waals surface area contributed by atoms with Crippen LogP contribution in [-0.4, -0.2) is 19.1 Å². The largest absolute Gasteiger partial charge is 0.368 e. The fraction of sp³-hybridized carbons (Fsp3) is 0.400. The lowest BCUT2D eigenvalue weighted by Crippen LogP contribution is -2.19. The van der Waals surface area contributed by atoms with Gasteiger partial charge in [0, 0.05) is 6.20 Å². The molecule has 1 aliphatic rings. The van der Waals surface area contributed by atoms with Crippen LogP contribution in [0.1, 0.15) is 0 Å². The van der Waals surface area contributed by atoms with Crippen molar-refractivity contribution in [3.8, 4) is 0 Å². The van der Waals surface area contributed by atoms with Crippen LogP contribution < -0.4 is 5.32 Å². The number of amides is 1. The minimum absolute atomic E-state index is 0.0845. The summed E-state index contributed by atoms with van der Waals surface area (Å²) < 4.78 is 4.81. The van der Waals surface area contributed by atoms with E-state index in [-0.39, 0.29) is 12.5 Å². The average Bonchev–Trinajstić information content (AvgIpc) is 1.94. The number of hydrogen-bond donors (Lipinski definition) is 1. The Hall–Kier alpha value is -0.830. The zero-order valence-electron chi connectivity index (χ0n) is 4.39. The molecule has 0 aromatic heterocycles. The first kappa shape index (κ1) is 5.31. The van der Waals surface area contributed by atoms with Crippen molar-refractivity contribution >= 4 is 5.91 Å². The third-order valence-electron chi connectivity index (χ3n) is 0.809. The summed E-state index contributed by atoms with van der Waals surface area (Å²) in [6.07, 6.45) is 3.35. The van der Waals surface area contributed by atoms with Gasteiger partial charge < -0.3 is 10.1 Å². The van der Waals surface area contributed by atoms with Gasteiger partial charge in [0.1, 0.15) is 6.61 Å². The van der Waals surface area contributed by atoms with Gasteiger partial charge in [-0.05, 0) is 6.08 Å². The van der Waals surface area contributed by atoms with Crippen LogP contribution >= 0.6 is 0 Å². The normalized spacial score (nSPS) is 19.8. The molecule has 0 saturated carbocycles. The molecule has 1 amide bonds. The molecule has 0 spiro atoms. The van der Waals surface area contributed by atoms with Gasteiger partial charge >= 0.3 is 0 Å². The van der Waals surface area contributed by atoms with E-state index in [1.165, 1.54) is 0 Å². The topological polar surface area (TPSA) is 38.3 Å². The molecule has 1 heterocycles. The minimum atomic E-state index is -0.0845. The van der Waals surface area contributed by atoms with Gasteiger partial charge in [0.15, 0.2) is 0 Å². The predicted octanol–water partition coefficient (Wildman–Crippen LogP) is -0.353. The molecule has 8 heavy (non-hydrogen) atoms. The number of nitrogens with one attached hydrogen (secondary N) is 1. The summed E-state index contributed by atoms with van der Waals surface area (Å²) in [5, 5.41) is 2.50. The van der Waals surface area contributed by atoms with Crippen LogP contribution in [0.4, 0.5) is 0 Å². The molecule has 1 N–H and O–H groups in total. The van der Waals surface area contributed by atoms with E-state index in [1.54, 1.807) is 12.3 Å². The molecule has 0 fully saturated rings. The molecular formula is C5H7NO2. The van der Waals surface area contributed by atoms with Crippen LogP contribution in [-0.2, 0) is 9.53 Å². The number of carbonyl (C=O) groups is 1. The van der Waals surface area contributed by atoms with Crippen molar-refractivity contribution < 1.29 is 9.53 Å². The molecule has 0 aliphatic carbocycles. The molecular weight excluding hydrogens is 106 g/mol. The van der Waals surface area contributed by atoms with E-state index in [1.807, 2.05) is 0 Å². The van der Waals surface area contributed by atoms with Crippen molar-refractivity contribution in [2.75, 3.05) is 13.2 Å². The lowest BCUT2D eigenvalue weighted by Gasteiger charge is -1.92. The highest BCUT2D eigenvalue weighted by molar-refractivity contribution is 5.78. The molecule has 0 aromatic carbocycles. The molecule has 0 atom stereocenters. The zero-order valence-corrected chi connectivity index (χ0v) is 4.39. The van der Waals surface area contributed by atoms with Crippen molar-refractivity contribution in [2.45, 2.75) is 0 Å². The average molecular weight is 113 g/mol. The predicted molar refractivity (Wildman–Crippen MR) is 28.1 cm³/mol. The molecule has 0 aromatic rings. The molecule has 0 bridgehead atoms. The lowest BCUT2D eigenvalue weighted by atomic mass is 10.6. The summed E-state index contributed by atoms with van der Waals surface area (Å²) in [5.41, 5.74) is 0. The summed E-state index contributed by atoms with van der Waals surface area (Å²) in [7, 11) is 0. The minimum Gasteiger partial charge on any atom is -0.368 e. The van der Waals surface area contributed by atoms with Crippen LogP contribution in [0.15, 0.2) is 12.3 Å². The molecule has 44 valence electrons. The lowest BCUT2D eigenvalue weighted by molar-refractivity contribution is -0.123. The Kier molecular flexibility index (Phi) is 1.64. The SMILES string of the molecule is O=C1COCC=CN1. The Morgan fingerprint density at radius 2 is 2.62 bits per heavy atom. The van der Waals surface area contributed by atoms with Crippen molar-refractivity contribution in [3.63, 3.8) is 0 Å². The second-order valence-electron chi connectivity index (χ2n) is 1.49. The number of rotatable bonds is 0. The van der Waals surface area contributed by atoms with E-state index in [0.29, 0.717) is 6.61 Å². The van der Waals surface area contributed by atoms with Gasteiger partial charge in [-0.15, -0.1) is 0 Å². The van der Waals surface area contributed by atoms with Gasteiger partial charge in [-0.2, -0.15) is 0 Å². The second kappa shape index (κ2) is 2.47. The molecule has 3 nitrogen and oxygen atoms in total. The fourth-order valence-electron chi connectivity index (χ4n) is 0.461. The maximum atomic E-state index is 10.4. The number of ether oxygens (including phenoxy) is 1. The van der Waals surface area contributed by atoms with Gasteiger partial charge in [0.25, 0.3) is 0 Å². The van der Waals surface area contributed by atoms with Crippen LogP contribution in [0.2, 0.25) is 0 Å². The van der Waals surface area contributed by atoms with Gasteiger partial charge in [-0.3, -0.25) is 4.79 Å². The molecule has 0 radical (unpaired) electrons. The summed E-state index contributed by atoms with van der Waals surface area (Å²) in [6, 6.07) is 0. The van der Waals surface area contributed by atoms with E-state index < -0.39 is 0 Å². The number of carbonyl (C=O) groups excluding carboxylic acids is 1. The first-order chi connectivity index (χ1) is 3.89. The Morgan fingerprint density at radius 1 is 1.75 bits per heavy atom. The summed E-state index contributed by atoms with van der Waals surface area (Å²) in [5.74, 6) is -0.0845. The monoisotopic (exact) mass is 113 g/mol. The fourth-order valence-corrected chi connectivity index (χ4v) is 0.461. The third-order valence-corrected chi connectivity index (χ3v) is 0.809. The Bertz CT molecular complexity index is 120. The quantitative estimate of drug-likeness (QED) is 0.466. The van der Waals surface area contributed by atoms with Crippen molar-refractivity contribution in [2.24, 2.45) is 0 Å². The maximum Gasteiger partial charge on any atom is 0.249 e. The highest BCUT2D eigenvalue weighted by Gasteiger charge is 1.98. The maximum absolute atomic E-state index is 10.4.